The molecule has 0 N–H and O–H groups in total. The van der Waals surface area contributed by atoms with E-state index in [1.165, 1.54) is 6.92 Å². The molecule has 1 aromatic heterocycles. The van der Waals surface area contributed by atoms with Crippen molar-refractivity contribution >= 4 is 21.7 Å². The van der Waals surface area contributed by atoms with Gasteiger partial charge in [-0.1, -0.05) is 28.0 Å². The summed E-state index contributed by atoms with van der Waals surface area (Å²) in [4.78, 5) is 15.7. The van der Waals surface area contributed by atoms with Crippen LogP contribution in [-0.4, -0.2) is 15.9 Å². The van der Waals surface area contributed by atoms with Crippen LogP contribution in [0.5, 0.6) is 5.75 Å². The quantitative estimate of drug-likeness (QED) is 0.753. The first-order valence-corrected chi connectivity index (χ1v) is 7.14. The molecule has 0 fully saturated rings. The second-order valence-electron chi connectivity index (χ2n) is 4.34. The lowest BCUT2D eigenvalue weighted by molar-refractivity contribution is 0.101. The molecule has 106 valence electrons. The van der Waals surface area contributed by atoms with Crippen LogP contribution in [0.4, 0.5) is 0 Å². The molecule has 1 aromatic carbocycles. The van der Waals surface area contributed by atoms with Crippen molar-refractivity contribution in [3.63, 3.8) is 0 Å². The van der Waals surface area contributed by atoms with E-state index >= 15 is 0 Å². The molecule has 0 spiro atoms. The normalized spacial score (nSPS) is 10.6. The number of aryl methyl sites for hydroxylation is 1. The summed E-state index contributed by atoms with van der Waals surface area (Å²) in [5.74, 6) is 1.53. The van der Waals surface area contributed by atoms with Crippen molar-refractivity contribution in [1.82, 2.24) is 10.1 Å². The molecule has 0 atom stereocenters. The maximum absolute atomic E-state index is 11.5. The van der Waals surface area contributed by atoms with Gasteiger partial charge in [0.15, 0.2) is 18.2 Å². The number of ketones is 1. The van der Waals surface area contributed by atoms with Crippen molar-refractivity contribution in [3.8, 4) is 5.75 Å². The highest BCUT2D eigenvalue weighted by Gasteiger charge is 2.11. The molecule has 0 radical (unpaired) electrons. The minimum absolute atomic E-state index is 0.0512. The first kappa shape index (κ1) is 14.7. The van der Waals surface area contributed by atoms with E-state index in [0.29, 0.717) is 23.0 Å². The molecule has 1 heterocycles. The lowest BCUT2D eigenvalue weighted by Crippen LogP contribution is -2.02. The highest BCUT2D eigenvalue weighted by Crippen LogP contribution is 2.25. The van der Waals surface area contributed by atoms with Crippen molar-refractivity contribution in [3.05, 3.63) is 40.0 Å². The van der Waals surface area contributed by atoms with E-state index < -0.39 is 0 Å². The minimum atomic E-state index is -0.0512. The molecule has 0 aliphatic rings. The van der Waals surface area contributed by atoms with Crippen molar-refractivity contribution in [2.75, 3.05) is 0 Å². The van der Waals surface area contributed by atoms with Gasteiger partial charge in [-0.05, 0) is 31.5 Å². The number of rotatable bonds is 6. The standard InChI is InChI=1S/C14H15BrN2O3/c1-3-4-13-16-14(20-17-13)8-19-12-7-10(15)5-6-11(12)9(2)18/h5-7H,3-4,8H2,1-2H3. The highest BCUT2D eigenvalue weighted by molar-refractivity contribution is 9.10. The first-order valence-electron chi connectivity index (χ1n) is 6.35. The van der Waals surface area contributed by atoms with Crippen LogP contribution in [0.15, 0.2) is 27.2 Å². The maximum atomic E-state index is 11.5. The molecular weight excluding hydrogens is 324 g/mol. The Bertz CT molecular complexity index is 610. The summed E-state index contributed by atoms with van der Waals surface area (Å²) >= 11 is 3.35. The van der Waals surface area contributed by atoms with Crippen LogP contribution in [-0.2, 0) is 13.0 Å². The van der Waals surface area contributed by atoms with E-state index in [4.69, 9.17) is 9.26 Å². The highest BCUT2D eigenvalue weighted by atomic mass is 79.9. The Labute approximate surface area is 125 Å². The third-order valence-corrected chi connectivity index (χ3v) is 3.15. The van der Waals surface area contributed by atoms with E-state index in [2.05, 4.69) is 26.1 Å². The van der Waals surface area contributed by atoms with Crippen LogP contribution in [0.3, 0.4) is 0 Å². The largest absolute Gasteiger partial charge is 0.483 e. The van der Waals surface area contributed by atoms with Gasteiger partial charge in [0, 0.05) is 10.9 Å². The average molecular weight is 339 g/mol. The lowest BCUT2D eigenvalue weighted by Gasteiger charge is -2.08. The van der Waals surface area contributed by atoms with E-state index in [1.807, 2.05) is 6.92 Å². The number of ether oxygens (including phenoxy) is 1. The maximum Gasteiger partial charge on any atom is 0.264 e. The number of benzene rings is 1. The molecule has 2 aromatic rings. The van der Waals surface area contributed by atoms with Crippen molar-refractivity contribution < 1.29 is 14.1 Å². The van der Waals surface area contributed by atoms with Gasteiger partial charge in [-0.25, -0.2) is 0 Å². The predicted octanol–water partition coefficient (Wildman–Crippen LogP) is 3.57. The molecule has 5 nitrogen and oxygen atoms in total. The number of carbonyl (C=O) groups excluding carboxylic acids is 1. The average Bonchev–Trinajstić information content (AvgIpc) is 2.84. The molecule has 0 bridgehead atoms. The summed E-state index contributed by atoms with van der Waals surface area (Å²) in [5, 5.41) is 3.85. The Morgan fingerprint density at radius 1 is 1.45 bits per heavy atom. The zero-order chi connectivity index (χ0) is 14.5. The molecule has 0 saturated heterocycles. The number of nitrogens with zero attached hydrogens (tertiary/aromatic N) is 2. The van der Waals surface area contributed by atoms with E-state index in [1.54, 1.807) is 18.2 Å². The third kappa shape index (κ3) is 3.66. The number of halogens is 1. The molecule has 0 saturated carbocycles. The van der Waals surface area contributed by atoms with Crippen LogP contribution < -0.4 is 4.74 Å². The van der Waals surface area contributed by atoms with Gasteiger partial charge in [0.05, 0.1) is 5.56 Å². The molecule has 0 unspecified atom stereocenters. The number of Topliss-reactive ketones (excluding diaryl/α,β-unsaturated/α-hetero) is 1. The smallest absolute Gasteiger partial charge is 0.264 e. The Kier molecular flexibility index (Phi) is 4.89. The topological polar surface area (TPSA) is 65.2 Å². The van der Waals surface area contributed by atoms with Crippen molar-refractivity contribution in [1.29, 1.82) is 0 Å². The van der Waals surface area contributed by atoms with Gasteiger partial charge in [-0.15, -0.1) is 0 Å². The second kappa shape index (κ2) is 6.65. The molecule has 0 aliphatic carbocycles. The summed E-state index contributed by atoms with van der Waals surface area (Å²) < 4.78 is 11.5. The molecule has 0 aliphatic heterocycles. The Balaban J connectivity index is 2.09. The van der Waals surface area contributed by atoms with E-state index in [-0.39, 0.29) is 12.4 Å². The van der Waals surface area contributed by atoms with Crippen molar-refractivity contribution in [2.45, 2.75) is 33.3 Å². The summed E-state index contributed by atoms with van der Waals surface area (Å²) in [6.45, 7) is 3.70. The first-order chi connectivity index (χ1) is 9.60. The van der Waals surface area contributed by atoms with Crippen molar-refractivity contribution in [2.24, 2.45) is 0 Å². The van der Waals surface area contributed by atoms with Crippen LogP contribution in [0.25, 0.3) is 0 Å². The zero-order valence-corrected chi connectivity index (χ0v) is 12.9. The van der Waals surface area contributed by atoms with Gasteiger partial charge in [0.25, 0.3) is 5.89 Å². The van der Waals surface area contributed by atoms with Crippen LogP contribution >= 0.6 is 15.9 Å². The molecule has 20 heavy (non-hydrogen) atoms. The monoisotopic (exact) mass is 338 g/mol. The van der Waals surface area contributed by atoms with Gasteiger partial charge in [-0.2, -0.15) is 4.98 Å². The summed E-state index contributed by atoms with van der Waals surface area (Å²) in [6.07, 6.45) is 1.74. The lowest BCUT2D eigenvalue weighted by atomic mass is 10.1. The third-order valence-electron chi connectivity index (χ3n) is 2.66. The Hall–Kier alpha value is -1.69. The number of carbonyl (C=O) groups is 1. The molecule has 6 heteroatoms. The van der Waals surface area contributed by atoms with Gasteiger partial charge in [0.2, 0.25) is 0 Å². The second-order valence-corrected chi connectivity index (χ2v) is 5.26. The number of aromatic nitrogens is 2. The molecular formula is C14H15BrN2O3. The fourth-order valence-electron chi connectivity index (χ4n) is 1.72. The van der Waals surface area contributed by atoms with Crippen LogP contribution in [0, 0.1) is 0 Å². The Morgan fingerprint density at radius 3 is 2.95 bits per heavy atom. The molecule has 2 rings (SSSR count). The number of hydrogen-bond donors (Lipinski definition) is 0. The summed E-state index contributed by atoms with van der Waals surface area (Å²) in [6, 6.07) is 5.27. The summed E-state index contributed by atoms with van der Waals surface area (Å²) in [7, 11) is 0. The Morgan fingerprint density at radius 2 is 2.25 bits per heavy atom. The van der Waals surface area contributed by atoms with Gasteiger partial charge >= 0.3 is 0 Å². The summed E-state index contributed by atoms with van der Waals surface area (Å²) in [5.41, 5.74) is 0.529. The number of hydrogen-bond acceptors (Lipinski definition) is 5. The van der Waals surface area contributed by atoms with E-state index in [0.717, 1.165) is 17.3 Å². The van der Waals surface area contributed by atoms with Gasteiger partial charge in [-0.3, -0.25) is 4.79 Å². The van der Waals surface area contributed by atoms with Gasteiger partial charge < -0.3 is 9.26 Å². The molecule has 0 amide bonds. The van der Waals surface area contributed by atoms with Gasteiger partial charge in [0.1, 0.15) is 5.75 Å². The van der Waals surface area contributed by atoms with E-state index in [9.17, 15) is 4.79 Å². The van der Waals surface area contributed by atoms with Crippen LogP contribution in [0.1, 0.15) is 42.3 Å². The predicted molar refractivity (Wildman–Crippen MR) is 76.8 cm³/mol. The zero-order valence-electron chi connectivity index (χ0n) is 11.4. The fourth-order valence-corrected chi connectivity index (χ4v) is 2.06. The minimum Gasteiger partial charge on any atom is -0.483 e. The fraction of sp³-hybridized carbons (Fsp3) is 0.357. The van der Waals surface area contributed by atoms with Crippen LogP contribution in [0.2, 0.25) is 0 Å². The SMILES string of the molecule is CCCc1noc(COc2cc(Br)ccc2C(C)=O)n1.